The summed E-state index contributed by atoms with van der Waals surface area (Å²) < 4.78 is 39.2. The van der Waals surface area contributed by atoms with E-state index < -0.39 is 17.5 Å². The quantitative estimate of drug-likeness (QED) is 0.618. The molecule has 5 nitrogen and oxygen atoms in total. The van der Waals surface area contributed by atoms with E-state index in [0.717, 1.165) is 68.2 Å². The van der Waals surface area contributed by atoms with Gasteiger partial charge in [-0.25, -0.2) is 0 Å². The standard InChI is InChI=1S/C25H29F3N4O/c26-25(27,28)17-7-8-19(20(33)11-17)23-21-15-5-6-16(10-15)22(21)24(31-30-23)29-18-2-1-9-32(13-18)12-14-3-4-14/h7-8,11,14-16,18,33H,1-6,9-10,12-13H2,(H,29,31)/t15?,16?,18-/m1/s1. The number of phenols is 1. The van der Waals surface area contributed by atoms with Crippen molar-refractivity contribution >= 4 is 5.82 Å². The fraction of sp³-hybridized carbons (Fsp3) is 0.600. The minimum Gasteiger partial charge on any atom is -0.507 e. The third kappa shape index (κ3) is 3.96. The number of hydrogen-bond acceptors (Lipinski definition) is 5. The SMILES string of the molecule is Oc1cc(C(F)(F)F)ccc1-c1nnc(N[C@@H]2CCCN(CC3CC3)C2)c2c1C1CCC2C1. The van der Waals surface area contributed by atoms with Crippen LogP contribution < -0.4 is 5.32 Å². The van der Waals surface area contributed by atoms with E-state index in [9.17, 15) is 18.3 Å². The Kier molecular flexibility index (Phi) is 5.05. The molecule has 0 spiro atoms. The summed E-state index contributed by atoms with van der Waals surface area (Å²) >= 11 is 0. The highest BCUT2D eigenvalue weighted by molar-refractivity contribution is 5.75. The van der Waals surface area contributed by atoms with Gasteiger partial charge in [0.15, 0.2) is 5.82 Å². The van der Waals surface area contributed by atoms with Crippen LogP contribution in [-0.4, -0.2) is 45.9 Å². The molecule has 2 saturated carbocycles. The van der Waals surface area contributed by atoms with E-state index in [2.05, 4.69) is 20.4 Å². The fourth-order valence-electron chi connectivity index (χ4n) is 6.21. The highest BCUT2D eigenvalue weighted by atomic mass is 19.4. The first-order chi connectivity index (χ1) is 15.9. The van der Waals surface area contributed by atoms with E-state index in [1.165, 1.54) is 37.4 Å². The first-order valence-electron chi connectivity index (χ1n) is 12.2. The highest BCUT2D eigenvalue weighted by Gasteiger charge is 2.43. The summed E-state index contributed by atoms with van der Waals surface area (Å²) in [7, 11) is 0. The van der Waals surface area contributed by atoms with Gasteiger partial charge in [0, 0.05) is 30.3 Å². The number of likely N-dealkylation sites (tertiary alicyclic amines) is 1. The lowest BCUT2D eigenvalue weighted by Crippen LogP contribution is -2.43. The topological polar surface area (TPSA) is 61.3 Å². The van der Waals surface area contributed by atoms with E-state index in [1.807, 2.05) is 0 Å². The molecule has 0 amide bonds. The lowest BCUT2D eigenvalue weighted by molar-refractivity contribution is -0.137. The molecule has 3 atom stereocenters. The van der Waals surface area contributed by atoms with Crippen molar-refractivity contribution in [1.82, 2.24) is 15.1 Å². The summed E-state index contributed by atoms with van der Waals surface area (Å²) in [4.78, 5) is 2.56. The first kappa shape index (κ1) is 21.2. The van der Waals surface area contributed by atoms with E-state index in [1.54, 1.807) is 0 Å². The number of halogens is 3. The number of nitrogens with one attached hydrogen (secondary N) is 1. The average molecular weight is 459 g/mol. The van der Waals surface area contributed by atoms with Crippen LogP contribution in [0.1, 0.15) is 73.5 Å². The zero-order valence-electron chi connectivity index (χ0n) is 18.5. The van der Waals surface area contributed by atoms with Gasteiger partial charge in [-0.05, 0) is 93.0 Å². The second kappa shape index (κ2) is 7.86. The molecular formula is C25H29F3N4O. The van der Waals surface area contributed by atoms with Gasteiger partial charge in [0.1, 0.15) is 11.4 Å². The maximum Gasteiger partial charge on any atom is 0.416 e. The smallest absolute Gasteiger partial charge is 0.416 e. The van der Waals surface area contributed by atoms with Crippen LogP contribution in [0, 0.1) is 5.92 Å². The summed E-state index contributed by atoms with van der Waals surface area (Å²) in [5.41, 5.74) is 2.26. The molecule has 0 radical (unpaired) electrons. The molecule has 2 heterocycles. The molecule has 2 unspecified atom stereocenters. The van der Waals surface area contributed by atoms with E-state index >= 15 is 0 Å². The van der Waals surface area contributed by atoms with E-state index in [-0.39, 0.29) is 0 Å². The molecule has 2 N–H and O–H groups in total. The second-order valence-electron chi connectivity index (χ2n) is 10.3. The summed E-state index contributed by atoms with van der Waals surface area (Å²) in [6.07, 6.45) is 3.68. The second-order valence-corrected chi connectivity index (χ2v) is 10.3. The number of aromatic nitrogens is 2. The minimum absolute atomic E-state index is 0.329. The van der Waals surface area contributed by atoms with Gasteiger partial charge in [0.05, 0.1) is 5.56 Å². The predicted molar refractivity (Wildman–Crippen MR) is 119 cm³/mol. The average Bonchev–Trinajstić information content (AvgIpc) is 3.34. The van der Waals surface area contributed by atoms with Crippen molar-refractivity contribution in [2.24, 2.45) is 5.92 Å². The molecular weight excluding hydrogens is 429 g/mol. The number of piperidine rings is 1. The number of aromatic hydroxyl groups is 1. The Morgan fingerprint density at radius 1 is 1.03 bits per heavy atom. The zero-order chi connectivity index (χ0) is 22.7. The van der Waals surface area contributed by atoms with Crippen molar-refractivity contribution < 1.29 is 18.3 Å². The van der Waals surface area contributed by atoms with Gasteiger partial charge < -0.3 is 15.3 Å². The Hall–Kier alpha value is -2.35. The molecule has 1 aliphatic heterocycles. The molecule has 3 aliphatic carbocycles. The lowest BCUT2D eigenvalue weighted by atomic mass is 9.88. The Bertz CT molecular complexity index is 1070. The number of anilines is 1. The van der Waals surface area contributed by atoms with Gasteiger partial charge in [0.25, 0.3) is 0 Å². The van der Waals surface area contributed by atoms with Gasteiger partial charge in [0.2, 0.25) is 0 Å². The molecule has 1 aromatic carbocycles. The Balaban J connectivity index is 1.31. The zero-order valence-corrected chi connectivity index (χ0v) is 18.5. The van der Waals surface area contributed by atoms with Crippen LogP contribution in [0.25, 0.3) is 11.3 Å². The molecule has 176 valence electrons. The van der Waals surface area contributed by atoms with E-state index in [0.29, 0.717) is 29.1 Å². The number of phenolic OH excluding ortho intramolecular Hbond substituents is 1. The number of benzene rings is 1. The van der Waals surface area contributed by atoms with Gasteiger partial charge in [-0.1, -0.05) is 0 Å². The summed E-state index contributed by atoms with van der Waals surface area (Å²) in [5, 5.41) is 23.1. The van der Waals surface area contributed by atoms with Crippen LogP contribution in [0.3, 0.4) is 0 Å². The molecule has 1 saturated heterocycles. The van der Waals surface area contributed by atoms with Crippen molar-refractivity contribution in [2.75, 3.05) is 25.0 Å². The van der Waals surface area contributed by atoms with Crippen LogP contribution in [-0.2, 0) is 6.18 Å². The van der Waals surface area contributed by atoms with Crippen molar-refractivity contribution in [3.8, 4) is 17.0 Å². The number of nitrogens with zero attached hydrogens (tertiary/aromatic N) is 3. The van der Waals surface area contributed by atoms with Crippen LogP contribution in [0.5, 0.6) is 5.75 Å². The molecule has 33 heavy (non-hydrogen) atoms. The number of hydrogen-bond donors (Lipinski definition) is 2. The molecule has 4 aliphatic rings. The first-order valence-corrected chi connectivity index (χ1v) is 12.2. The Morgan fingerprint density at radius 2 is 1.82 bits per heavy atom. The molecule has 2 bridgehead atoms. The summed E-state index contributed by atoms with van der Waals surface area (Å²) in [6, 6.07) is 3.47. The van der Waals surface area contributed by atoms with Gasteiger partial charge in [-0.3, -0.25) is 0 Å². The Labute approximate surface area is 191 Å². The molecule has 3 fully saturated rings. The predicted octanol–water partition coefficient (Wildman–Crippen LogP) is 5.52. The lowest BCUT2D eigenvalue weighted by Gasteiger charge is -2.34. The highest BCUT2D eigenvalue weighted by Crippen LogP contribution is 2.57. The van der Waals surface area contributed by atoms with Crippen LogP contribution in [0.2, 0.25) is 0 Å². The van der Waals surface area contributed by atoms with E-state index in [4.69, 9.17) is 0 Å². The van der Waals surface area contributed by atoms with Crippen LogP contribution in [0.15, 0.2) is 18.2 Å². The van der Waals surface area contributed by atoms with Crippen molar-refractivity contribution in [1.29, 1.82) is 0 Å². The normalized spacial score (nSPS) is 27.1. The number of alkyl halides is 3. The third-order valence-corrected chi connectivity index (χ3v) is 7.94. The maximum atomic E-state index is 13.1. The molecule has 6 rings (SSSR count). The molecule has 8 heteroatoms. The minimum atomic E-state index is -4.50. The van der Waals surface area contributed by atoms with Crippen molar-refractivity contribution in [3.63, 3.8) is 0 Å². The molecule has 1 aromatic heterocycles. The molecule has 2 aromatic rings. The number of fused-ring (bicyclic) bond motifs is 5. The van der Waals surface area contributed by atoms with Gasteiger partial charge >= 0.3 is 6.18 Å². The van der Waals surface area contributed by atoms with Crippen molar-refractivity contribution in [2.45, 2.75) is 69.0 Å². The third-order valence-electron chi connectivity index (χ3n) is 7.94. The largest absolute Gasteiger partial charge is 0.507 e. The van der Waals surface area contributed by atoms with Crippen LogP contribution in [0.4, 0.5) is 19.0 Å². The van der Waals surface area contributed by atoms with Gasteiger partial charge in [-0.15, -0.1) is 10.2 Å². The summed E-state index contributed by atoms with van der Waals surface area (Å²) in [6.45, 7) is 3.37. The Morgan fingerprint density at radius 3 is 2.55 bits per heavy atom. The number of rotatable bonds is 5. The van der Waals surface area contributed by atoms with Crippen LogP contribution >= 0.6 is 0 Å². The van der Waals surface area contributed by atoms with Crippen molar-refractivity contribution in [3.05, 3.63) is 34.9 Å². The van der Waals surface area contributed by atoms with Gasteiger partial charge in [-0.2, -0.15) is 13.2 Å². The summed E-state index contributed by atoms with van der Waals surface area (Å²) in [5.74, 6) is 2.05. The monoisotopic (exact) mass is 458 g/mol. The maximum absolute atomic E-state index is 13.1. The fourth-order valence-corrected chi connectivity index (χ4v) is 6.21.